The molecule has 1 saturated heterocycles. The molecule has 0 bridgehead atoms. The summed E-state index contributed by atoms with van der Waals surface area (Å²) < 4.78 is 5.40. The van der Waals surface area contributed by atoms with Crippen LogP contribution >= 0.6 is 11.6 Å². The van der Waals surface area contributed by atoms with E-state index in [-0.39, 0.29) is 0 Å². The average Bonchev–Trinajstić information content (AvgIpc) is 2.76. The number of nitrogens with zero attached hydrogens (tertiary/aromatic N) is 2. The Morgan fingerprint density at radius 2 is 1.74 bits per heavy atom. The fourth-order valence-corrected chi connectivity index (χ4v) is 4.04. The van der Waals surface area contributed by atoms with E-state index in [0.29, 0.717) is 22.6 Å². The molecule has 2 heterocycles. The second kappa shape index (κ2) is 13.1. The summed E-state index contributed by atoms with van der Waals surface area (Å²) >= 11 is 6.63. The van der Waals surface area contributed by atoms with Gasteiger partial charge in [-0.2, -0.15) is 0 Å². The number of rotatable bonds is 5. The number of halogens is 1. The van der Waals surface area contributed by atoms with Crippen LogP contribution in [0, 0.1) is 12.3 Å². The number of anilines is 1. The minimum absolute atomic E-state index is 0.344. The number of aryl methyl sites for hydroxylation is 1. The van der Waals surface area contributed by atoms with E-state index in [0.717, 1.165) is 67.4 Å². The van der Waals surface area contributed by atoms with E-state index in [2.05, 4.69) is 23.7 Å². The lowest BCUT2D eigenvalue weighted by Crippen LogP contribution is -2.38. The Labute approximate surface area is 209 Å². The number of aliphatic hydroxyl groups is 2. The molecule has 1 aliphatic rings. The summed E-state index contributed by atoms with van der Waals surface area (Å²) in [7, 11) is 2.61. The van der Waals surface area contributed by atoms with Gasteiger partial charge in [0.1, 0.15) is 12.0 Å². The number of aliphatic hydroxyl groups excluding tert-OH is 1. The molecule has 0 unspecified atom stereocenters. The zero-order chi connectivity index (χ0) is 26.1. The van der Waals surface area contributed by atoms with Crippen molar-refractivity contribution < 1.29 is 19.7 Å². The Morgan fingerprint density at radius 3 is 2.24 bits per heavy atom. The van der Waals surface area contributed by atoms with Crippen LogP contribution in [0.4, 0.5) is 5.69 Å². The Hall–Kier alpha value is -2.15. The zero-order valence-corrected chi connectivity index (χ0v) is 22.7. The first-order valence-corrected chi connectivity index (χ1v) is 11.9. The van der Waals surface area contributed by atoms with Crippen molar-refractivity contribution in [1.29, 1.82) is 0 Å². The molecule has 1 aromatic carbocycles. The van der Waals surface area contributed by atoms with Gasteiger partial charge in [0.15, 0.2) is 0 Å². The number of methoxy groups -OCH3 is 1. The molecule has 0 aliphatic carbocycles. The molecule has 2 aromatic rings. The molecule has 190 valence electrons. The molecule has 1 fully saturated rings. The number of benzene rings is 1. The first-order valence-electron chi connectivity index (χ1n) is 11.5. The maximum Gasteiger partial charge on any atom is 0.138 e. The molecule has 6 nitrogen and oxygen atoms in total. The number of piperidine rings is 1. The molecule has 0 saturated carbocycles. The third-order valence-corrected chi connectivity index (χ3v) is 5.95. The summed E-state index contributed by atoms with van der Waals surface area (Å²) in [6.07, 6.45) is 5.40. The zero-order valence-electron chi connectivity index (χ0n) is 21.9. The van der Waals surface area contributed by atoms with E-state index in [4.69, 9.17) is 26.6 Å². The summed E-state index contributed by atoms with van der Waals surface area (Å²) in [6.45, 7) is 13.7. The minimum Gasteiger partial charge on any atom is -0.495 e. The average molecular weight is 493 g/mol. The maximum atomic E-state index is 11.4. The molecule has 0 radical (unpaired) electrons. The molecule has 34 heavy (non-hydrogen) atoms. The van der Waals surface area contributed by atoms with Gasteiger partial charge in [0, 0.05) is 55.2 Å². The molecular formula is C27H41ClN2O4. The van der Waals surface area contributed by atoms with Gasteiger partial charge in [0.05, 0.1) is 23.4 Å². The SMILES string of the molecule is CC(C)(C)O.CO.COc1cccc(-c2cnc(C)c(CC=O)c2N2CCC(C)(C)CC2)c1Cl. The highest BCUT2D eigenvalue weighted by molar-refractivity contribution is 6.35. The lowest BCUT2D eigenvalue weighted by molar-refractivity contribution is -0.107. The van der Waals surface area contributed by atoms with Crippen LogP contribution in [-0.2, 0) is 11.2 Å². The van der Waals surface area contributed by atoms with Gasteiger partial charge in [-0.05, 0) is 52.0 Å². The number of aldehydes is 1. The highest BCUT2D eigenvalue weighted by atomic mass is 35.5. The molecule has 7 heteroatoms. The Kier molecular flexibility index (Phi) is 11.5. The van der Waals surface area contributed by atoms with Crippen molar-refractivity contribution >= 4 is 23.6 Å². The highest BCUT2D eigenvalue weighted by Crippen LogP contribution is 2.43. The van der Waals surface area contributed by atoms with Crippen molar-refractivity contribution in [2.75, 3.05) is 32.2 Å². The molecule has 1 aliphatic heterocycles. The van der Waals surface area contributed by atoms with Crippen LogP contribution in [0.1, 0.15) is 58.7 Å². The van der Waals surface area contributed by atoms with E-state index in [1.54, 1.807) is 27.9 Å². The van der Waals surface area contributed by atoms with Crippen molar-refractivity contribution in [3.05, 3.63) is 40.7 Å². The smallest absolute Gasteiger partial charge is 0.138 e. The molecule has 3 rings (SSSR count). The van der Waals surface area contributed by atoms with E-state index in [1.807, 2.05) is 31.3 Å². The van der Waals surface area contributed by atoms with Crippen LogP contribution in [0.3, 0.4) is 0 Å². The molecule has 0 amide bonds. The number of ether oxygens (including phenoxy) is 1. The monoisotopic (exact) mass is 492 g/mol. The van der Waals surface area contributed by atoms with Gasteiger partial charge in [0.2, 0.25) is 0 Å². The third-order valence-electron chi connectivity index (χ3n) is 5.56. The van der Waals surface area contributed by atoms with E-state index >= 15 is 0 Å². The van der Waals surface area contributed by atoms with Gasteiger partial charge in [0.25, 0.3) is 0 Å². The molecule has 2 N–H and O–H groups in total. The lowest BCUT2D eigenvalue weighted by atomic mass is 9.82. The first-order chi connectivity index (χ1) is 15.9. The predicted octanol–water partition coefficient (Wildman–Crippen LogP) is 5.47. The van der Waals surface area contributed by atoms with Crippen LogP contribution in [0.25, 0.3) is 11.1 Å². The van der Waals surface area contributed by atoms with Gasteiger partial charge in [-0.1, -0.05) is 37.6 Å². The van der Waals surface area contributed by atoms with Crippen molar-refractivity contribution in [3.8, 4) is 16.9 Å². The van der Waals surface area contributed by atoms with Crippen LogP contribution in [0.5, 0.6) is 5.75 Å². The lowest BCUT2D eigenvalue weighted by Gasteiger charge is -2.40. The van der Waals surface area contributed by atoms with Gasteiger partial charge in [-0.15, -0.1) is 0 Å². The number of aromatic nitrogens is 1. The van der Waals surface area contributed by atoms with E-state index < -0.39 is 5.60 Å². The van der Waals surface area contributed by atoms with Gasteiger partial charge in [-0.25, -0.2) is 0 Å². The van der Waals surface area contributed by atoms with Crippen molar-refractivity contribution in [3.63, 3.8) is 0 Å². The highest BCUT2D eigenvalue weighted by Gasteiger charge is 2.29. The standard InChI is InChI=1S/C22H27ClN2O2.C4H10O.CH4O/c1-15-16(8-13-26)21(25-11-9-22(2,3)10-12-25)18(14-24-15)17-6-5-7-19(27-4)20(17)23;1-4(2,3)5;1-2/h5-7,13-14H,8-12H2,1-4H3;5H,1-3H3;2H,1H3. The number of hydrogen-bond acceptors (Lipinski definition) is 6. The van der Waals surface area contributed by atoms with E-state index in [9.17, 15) is 4.79 Å². The van der Waals surface area contributed by atoms with Crippen LogP contribution in [0.15, 0.2) is 24.4 Å². The molecule has 0 atom stereocenters. The Bertz CT molecular complexity index is 923. The topological polar surface area (TPSA) is 82.9 Å². The van der Waals surface area contributed by atoms with Gasteiger partial charge < -0.3 is 24.6 Å². The maximum absolute atomic E-state index is 11.4. The van der Waals surface area contributed by atoms with Gasteiger partial charge in [-0.3, -0.25) is 4.98 Å². The van der Waals surface area contributed by atoms with Crippen molar-refractivity contribution in [2.24, 2.45) is 5.41 Å². The molecular weight excluding hydrogens is 452 g/mol. The fourth-order valence-electron chi connectivity index (χ4n) is 3.73. The molecule has 1 aromatic heterocycles. The summed E-state index contributed by atoms with van der Waals surface area (Å²) in [5, 5.41) is 16.1. The van der Waals surface area contributed by atoms with Crippen molar-refractivity contribution in [2.45, 2.75) is 66.4 Å². The predicted molar refractivity (Wildman–Crippen MR) is 141 cm³/mol. The second-order valence-electron chi connectivity index (χ2n) is 10.1. The Morgan fingerprint density at radius 1 is 1.18 bits per heavy atom. The van der Waals surface area contributed by atoms with E-state index in [1.165, 1.54) is 0 Å². The number of pyridine rings is 1. The summed E-state index contributed by atoms with van der Waals surface area (Å²) in [5.41, 5.74) is 4.65. The Balaban J connectivity index is 0.000000733. The second-order valence-corrected chi connectivity index (χ2v) is 10.5. The fraction of sp³-hybridized carbons (Fsp3) is 0.556. The largest absolute Gasteiger partial charge is 0.495 e. The third kappa shape index (κ3) is 8.57. The van der Waals surface area contributed by atoms with Crippen LogP contribution in [-0.4, -0.2) is 54.4 Å². The summed E-state index contributed by atoms with van der Waals surface area (Å²) in [4.78, 5) is 18.3. The molecule has 0 spiro atoms. The summed E-state index contributed by atoms with van der Waals surface area (Å²) in [5.74, 6) is 0.636. The number of carbonyl (C=O) groups excluding carboxylic acids is 1. The quantitative estimate of drug-likeness (QED) is 0.538. The summed E-state index contributed by atoms with van der Waals surface area (Å²) in [6, 6.07) is 5.77. The van der Waals surface area contributed by atoms with Gasteiger partial charge >= 0.3 is 0 Å². The number of carbonyl (C=O) groups is 1. The van der Waals surface area contributed by atoms with Crippen molar-refractivity contribution in [1.82, 2.24) is 4.98 Å². The normalized spacial score (nSPS) is 14.9. The minimum atomic E-state index is -0.500. The first kappa shape index (κ1) is 29.9. The van der Waals surface area contributed by atoms with Crippen LogP contribution < -0.4 is 9.64 Å². The van der Waals surface area contributed by atoms with Crippen LogP contribution in [0.2, 0.25) is 5.02 Å². The number of hydrogen-bond donors (Lipinski definition) is 2.